The van der Waals surface area contributed by atoms with Gasteiger partial charge in [0, 0.05) is 11.3 Å². The number of carbonyl (C=O) groups excluding carboxylic acids is 2. The number of halogens is 1. The molecule has 0 fully saturated rings. The van der Waals surface area contributed by atoms with E-state index in [4.69, 9.17) is 25.8 Å². The molecule has 0 aromatic heterocycles. The van der Waals surface area contributed by atoms with Crippen molar-refractivity contribution in [2.45, 2.75) is 20.5 Å². The van der Waals surface area contributed by atoms with E-state index >= 15 is 0 Å². The van der Waals surface area contributed by atoms with Gasteiger partial charge in [0.15, 0.2) is 18.1 Å². The molecule has 4 rings (SSSR count). The van der Waals surface area contributed by atoms with Gasteiger partial charge in [-0.1, -0.05) is 60.1 Å². The lowest BCUT2D eigenvalue weighted by Gasteiger charge is -2.13. The minimum absolute atomic E-state index is 0.197. The van der Waals surface area contributed by atoms with Gasteiger partial charge >= 0.3 is 0 Å². The van der Waals surface area contributed by atoms with Gasteiger partial charge in [-0.05, 0) is 73.0 Å². The van der Waals surface area contributed by atoms with Crippen LogP contribution in [-0.4, -0.2) is 31.2 Å². The Morgan fingerprint density at radius 1 is 0.854 bits per heavy atom. The third-order valence-electron chi connectivity index (χ3n) is 5.86. The first-order valence-electron chi connectivity index (χ1n) is 13.0. The Kier molecular flexibility index (Phi) is 10.3. The number of anilines is 1. The molecule has 0 atom stereocenters. The van der Waals surface area contributed by atoms with Crippen molar-refractivity contribution >= 4 is 35.3 Å². The molecule has 2 amide bonds. The molecule has 0 unspecified atom stereocenters. The molecule has 210 valence electrons. The number of hydrogen-bond acceptors (Lipinski definition) is 6. The van der Waals surface area contributed by atoms with E-state index in [0.29, 0.717) is 46.6 Å². The van der Waals surface area contributed by atoms with Crippen LogP contribution in [0.4, 0.5) is 5.69 Å². The largest absolute Gasteiger partial charge is 0.490 e. The summed E-state index contributed by atoms with van der Waals surface area (Å²) >= 11 is 6.33. The summed E-state index contributed by atoms with van der Waals surface area (Å²) in [6.45, 7) is 4.37. The standard InChI is InChI=1S/C32H30ClN3O5/c1-3-39-30-18-25(14-16-29(30)40-20-23-10-5-4-6-11-23)32(38)36-34-19-24-13-15-28(26(33)17-24)41-21-31(37)35-27-12-8-7-9-22(27)2/h4-19H,3,20-21H2,1-2H3,(H,35,37)(H,36,38)/b34-19+. The summed E-state index contributed by atoms with van der Waals surface area (Å²) in [6, 6.07) is 27.2. The number of hydrogen-bond donors (Lipinski definition) is 2. The Hall–Kier alpha value is -4.82. The summed E-state index contributed by atoms with van der Waals surface area (Å²) < 4.78 is 17.2. The van der Waals surface area contributed by atoms with Crippen molar-refractivity contribution in [2.75, 3.05) is 18.5 Å². The number of nitrogens with zero attached hydrogens (tertiary/aromatic N) is 1. The van der Waals surface area contributed by atoms with Crippen molar-refractivity contribution in [1.29, 1.82) is 0 Å². The summed E-state index contributed by atoms with van der Waals surface area (Å²) in [4.78, 5) is 24.9. The number of amides is 2. The van der Waals surface area contributed by atoms with Crippen molar-refractivity contribution in [3.63, 3.8) is 0 Å². The molecular formula is C32H30ClN3O5. The maximum atomic E-state index is 12.7. The highest BCUT2D eigenvalue weighted by molar-refractivity contribution is 6.32. The first-order chi connectivity index (χ1) is 19.9. The zero-order chi connectivity index (χ0) is 29.0. The Balaban J connectivity index is 1.31. The second-order valence-electron chi connectivity index (χ2n) is 8.91. The van der Waals surface area contributed by atoms with Gasteiger partial charge in [0.2, 0.25) is 0 Å². The summed E-state index contributed by atoms with van der Waals surface area (Å²) in [6.07, 6.45) is 1.46. The van der Waals surface area contributed by atoms with E-state index in [-0.39, 0.29) is 12.5 Å². The van der Waals surface area contributed by atoms with Crippen molar-refractivity contribution in [2.24, 2.45) is 5.10 Å². The maximum Gasteiger partial charge on any atom is 0.271 e. The summed E-state index contributed by atoms with van der Waals surface area (Å²) in [5.41, 5.74) is 6.20. The highest BCUT2D eigenvalue weighted by Crippen LogP contribution is 2.29. The van der Waals surface area contributed by atoms with Gasteiger partial charge in [0.1, 0.15) is 12.4 Å². The monoisotopic (exact) mass is 571 g/mol. The van der Waals surface area contributed by atoms with E-state index in [9.17, 15) is 9.59 Å². The van der Waals surface area contributed by atoms with Gasteiger partial charge in [-0.15, -0.1) is 0 Å². The molecular weight excluding hydrogens is 542 g/mol. The molecule has 0 saturated carbocycles. The molecule has 0 aliphatic rings. The third kappa shape index (κ3) is 8.58. The van der Waals surface area contributed by atoms with Gasteiger partial charge in [0.25, 0.3) is 11.8 Å². The minimum atomic E-state index is -0.414. The van der Waals surface area contributed by atoms with E-state index in [1.807, 2.05) is 68.4 Å². The van der Waals surface area contributed by atoms with Crippen LogP contribution in [-0.2, 0) is 11.4 Å². The molecule has 0 heterocycles. The molecule has 8 nitrogen and oxygen atoms in total. The number of aryl methyl sites for hydroxylation is 1. The van der Waals surface area contributed by atoms with Gasteiger partial charge in [-0.25, -0.2) is 5.43 Å². The number of ether oxygens (including phenoxy) is 3. The van der Waals surface area contributed by atoms with Crippen LogP contribution in [0.1, 0.15) is 34.0 Å². The fourth-order valence-corrected chi connectivity index (χ4v) is 4.00. The SMILES string of the molecule is CCOc1cc(C(=O)N/N=C/c2ccc(OCC(=O)Nc3ccccc3C)c(Cl)c2)ccc1OCc1ccccc1. The van der Waals surface area contributed by atoms with E-state index in [1.165, 1.54) is 6.21 Å². The van der Waals surface area contributed by atoms with Crippen LogP contribution in [0, 0.1) is 6.92 Å². The Labute approximate surface area is 243 Å². The van der Waals surface area contributed by atoms with Crippen LogP contribution < -0.4 is 25.0 Å². The predicted octanol–water partition coefficient (Wildman–Crippen LogP) is 6.41. The third-order valence-corrected chi connectivity index (χ3v) is 6.15. The number of nitrogens with one attached hydrogen (secondary N) is 2. The Bertz CT molecular complexity index is 1530. The molecule has 4 aromatic rings. The molecule has 41 heavy (non-hydrogen) atoms. The number of hydrazone groups is 1. The molecule has 0 aliphatic carbocycles. The van der Waals surface area contributed by atoms with Crippen molar-refractivity contribution in [3.05, 3.63) is 118 Å². The number of para-hydroxylation sites is 1. The zero-order valence-corrected chi connectivity index (χ0v) is 23.5. The Morgan fingerprint density at radius 3 is 2.37 bits per heavy atom. The minimum Gasteiger partial charge on any atom is -0.490 e. The molecule has 2 N–H and O–H groups in total. The van der Waals surface area contributed by atoms with Crippen molar-refractivity contribution in [1.82, 2.24) is 5.43 Å². The van der Waals surface area contributed by atoms with Gasteiger partial charge in [0.05, 0.1) is 17.8 Å². The number of carbonyl (C=O) groups is 2. The van der Waals surface area contributed by atoms with Gasteiger partial charge in [-0.2, -0.15) is 5.10 Å². The van der Waals surface area contributed by atoms with E-state index < -0.39 is 5.91 Å². The topological polar surface area (TPSA) is 98.3 Å². The maximum absolute atomic E-state index is 12.7. The van der Waals surface area contributed by atoms with Crippen LogP contribution in [0.15, 0.2) is 96.1 Å². The fourth-order valence-electron chi connectivity index (χ4n) is 3.76. The summed E-state index contributed by atoms with van der Waals surface area (Å²) in [7, 11) is 0. The van der Waals surface area contributed by atoms with Crippen LogP contribution in [0.3, 0.4) is 0 Å². The predicted molar refractivity (Wildman–Crippen MR) is 160 cm³/mol. The second kappa shape index (κ2) is 14.5. The lowest BCUT2D eigenvalue weighted by molar-refractivity contribution is -0.118. The molecule has 9 heteroatoms. The number of rotatable bonds is 12. The normalized spacial score (nSPS) is 10.7. The zero-order valence-electron chi connectivity index (χ0n) is 22.7. The average Bonchev–Trinajstić information content (AvgIpc) is 2.98. The summed E-state index contributed by atoms with van der Waals surface area (Å²) in [5.74, 6) is 0.649. The quantitative estimate of drug-likeness (QED) is 0.151. The van der Waals surface area contributed by atoms with Gasteiger partial charge in [-0.3, -0.25) is 9.59 Å². The van der Waals surface area contributed by atoms with E-state index in [0.717, 1.165) is 16.8 Å². The molecule has 0 aliphatic heterocycles. The van der Waals surface area contributed by atoms with Crippen LogP contribution in [0.2, 0.25) is 5.02 Å². The molecule has 0 saturated heterocycles. The average molecular weight is 572 g/mol. The second-order valence-corrected chi connectivity index (χ2v) is 9.32. The lowest BCUT2D eigenvalue weighted by Crippen LogP contribution is -2.20. The first kappa shape index (κ1) is 29.2. The van der Waals surface area contributed by atoms with E-state index in [2.05, 4.69) is 15.8 Å². The van der Waals surface area contributed by atoms with Crippen molar-refractivity contribution < 1.29 is 23.8 Å². The van der Waals surface area contributed by atoms with Crippen molar-refractivity contribution in [3.8, 4) is 17.2 Å². The molecule has 0 bridgehead atoms. The highest BCUT2D eigenvalue weighted by Gasteiger charge is 2.12. The Morgan fingerprint density at radius 2 is 1.61 bits per heavy atom. The molecule has 0 radical (unpaired) electrons. The first-order valence-corrected chi connectivity index (χ1v) is 13.4. The molecule has 0 spiro atoms. The van der Waals surface area contributed by atoms with E-state index in [1.54, 1.807) is 36.4 Å². The summed E-state index contributed by atoms with van der Waals surface area (Å²) in [5, 5.41) is 7.14. The lowest BCUT2D eigenvalue weighted by atomic mass is 10.2. The van der Waals surface area contributed by atoms with Crippen LogP contribution >= 0.6 is 11.6 Å². The smallest absolute Gasteiger partial charge is 0.271 e. The fraction of sp³-hybridized carbons (Fsp3) is 0.156. The number of benzene rings is 4. The highest BCUT2D eigenvalue weighted by atomic mass is 35.5. The van der Waals surface area contributed by atoms with Gasteiger partial charge < -0.3 is 19.5 Å². The van der Waals surface area contributed by atoms with Crippen LogP contribution in [0.5, 0.6) is 17.2 Å². The molecule has 4 aromatic carbocycles. The van der Waals surface area contributed by atoms with Crippen LogP contribution in [0.25, 0.3) is 0 Å².